The third kappa shape index (κ3) is 5.54. The number of nitrogens with zero attached hydrogens (tertiary/aromatic N) is 6. The smallest absolute Gasteiger partial charge is 0.278 e. The lowest BCUT2D eigenvalue weighted by Gasteiger charge is -2.32. The van der Waals surface area contributed by atoms with Crippen LogP contribution in [-0.2, 0) is 6.54 Å². The van der Waals surface area contributed by atoms with Crippen LogP contribution in [0.5, 0.6) is 5.75 Å². The molecule has 0 bridgehead atoms. The van der Waals surface area contributed by atoms with E-state index in [2.05, 4.69) is 21.8 Å². The summed E-state index contributed by atoms with van der Waals surface area (Å²) in [7, 11) is 3.41. The Balaban J connectivity index is 1.26. The van der Waals surface area contributed by atoms with E-state index in [4.69, 9.17) is 9.72 Å². The van der Waals surface area contributed by atoms with Crippen molar-refractivity contribution in [1.82, 2.24) is 29.1 Å². The van der Waals surface area contributed by atoms with Crippen molar-refractivity contribution in [3.8, 4) is 11.4 Å². The second-order valence-corrected chi connectivity index (χ2v) is 11.4. The van der Waals surface area contributed by atoms with Crippen LogP contribution in [0.4, 0.5) is 11.6 Å². The summed E-state index contributed by atoms with van der Waals surface area (Å²) in [5, 5.41) is 3.66. The van der Waals surface area contributed by atoms with Crippen LogP contribution in [0, 0.1) is 6.92 Å². The van der Waals surface area contributed by atoms with E-state index in [1.54, 1.807) is 47.7 Å². The molecular formula is C32H37N7O3. The lowest BCUT2D eigenvalue weighted by molar-refractivity contribution is 0.0827. The first-order valence-corrected chi connectivity index (χ1v) is 14.5. The maximum atomic E-state index is 13.3. The van der Waals surface area contributed by atoms with Crippen LogP contribution in [0.2, 0.25) is 0 Å². The number of ether oxygens (including phenoxy) is 1. The fourth-order valence-corrected chi connectivity index (χ4v) is 5.63. The molecule has 3 heterocycles. The maximum Gasteiger partial charge on any atom is 0.278 e. The van der Waals surface area contributed by atoms with Crippen molar-refractivity contribution < 1.29 is 9.53 Å². The van der Waals surface area contributed by atoms with Crippen LogP contribution in [0.25, 0.3) is 16.7 Å². The summed E-state index contributed by atoms with van der Waals surface area (Å²) in [5.74, 6) is 1.12. The number of amides is 1. The number of nitrogens with one attached hydrogen (secondary N) is 1. The zero-order chi connectivity index (χ0) is 29.4. The minimum atomic E-state index is -0.235. The summed E-state index contributed by atoms with van der Waals surface area (Å²) in [6, 6.07) is 13.9. The van der Waals surface area contributed by atoms with Gasteiger partial charge in [-0.3, -0.25) is 9.59 Å². The van der Waals surface area contributed by atoms with Crippen LogP contribution in [0.15, 0.2) is 66.1 Å². The normalized spacial score (nSPS) is 16.0. The highest BCUT2D eigenvalue weighted by atomic mass is 16.5. The monoisotopic (exact) mass is 567 g/mol. The predicted octanol–water partition coefficient (Wildman–Crippen LogP) is 4.53. The number of anilines is 2. The van der Waals surface area contributed by atoms with Gasteiger partial charge in [-0.25, -0.2) is 14.3 Å². The molecule has 2 aromatic carbocycles. The van der Waals surface area contributed by atoms with Gasteiger partial charge in [0.1, 0.15) is 17.2 Å². The fraction of sp³-hybridized carbons (Fsp3) is 0.375. The SMILES string of the molecule is C=CCn1c(=O)c2cnc(Nc3ccc(OC4CCN(C5CC5)CC4)c(C)c3)nc2n1-c1cccc(C(=O)N(C)C)c1. The number of aryl methyl sites for hydroxylation is 1. The Morgan fingerprint density at radius 1 is 1.14 bits per heavy atom. The number of carbonyl (C=O) groups is 1. The molecule has 0 spiro atoms. The molecule has 0 atom stereocenters. The minimum absolute atomic E-state index is 0.130. The molecule has 6 rings (SSSR count). The molecule has 1 amide bonds. The third-order valence-corrected chi connectivity index (χ3v) is 7.99. The van der Waals surface area contributed by atoms with E-state index >= 15 is 0 Å². The summed E-state index contributed by atoms with van der Waals surface area (Å²) < 4.78 is 9.64. The summed E-state index contributed by atoms with van der Waals surface area (Å²) in [6.07, 6.45) is 8.24. The van der Waals surface area contributed by atoms with Gasteiger partial charge in [-0.05, 0) is 74.6 Å². The van der Waals surface area contributed by atoms with Gasteiger partial charge in [0.15, 0.2) is 5.65 Å². The molecule has 0 unspecified atom stereocenters. The quantitative estimate of drug-likeness (QED) is 0.297. The van der Waals surface area contributed by atoms with E-state index < -0.39 is 0 Å². The third-order valence-electron chi connectivity index (χ3n) is 7.99. The maximum absolute atomic E-state index is 13.3. The highest BCUT2D eigenvalue weighted by Gasteiger charge is 2.32. The molecule has 0 radical (unpaired) electrons. The molecule has 1 aliphatic heterocycles. The van der Waals surface area contributed by atoms with Crippen molar-refractivity contribution in [3.63, 3.8) is 0 Å². The van der Waals surface area contributed by atoms with Crippen molar-refractivity contribution in [1.29, 1.82) is 0 Å². The molecule has 42 heavy (non-hydrogen) atoms. The number of rotatable bonds is 9. The van der Waals surface area contributed by atoms with E-state index in [0.29, 0.717) is 28.2 Å². The first-order chi connectivity index (χ1) is 20.3. The first kappa shape index (κ1) is 27.7. The van der Waals surface area contributed by atoms with Crippen molar-refractivity contribution >= 4 is 28.6 Å². The predicted molar refractivity (Wildman–Crippen MR) is 164 cm³/mol. The molecule has 1 saturated carbocycles. The Bertz CT molecular complexity index is 1690. The first-order valence-electron chi connectivity index (χ1n) is 14.5. The van der Waals surface area contributed by atoms with E-state index in [1.165, 1.54) is 23.9 Å². The number of carbonyl (C=O) groups excluding carboxylic acids is 1. The van der Waals surface area contributed by atoms with E-state index in [1.807, 2.05) is 31.2 Å². The van der Waals surface area contributed by atoms with Gasteiger partial charge in [0.05, 0.1) is 12.2 Å². The van der Waals surface area contributed by atoms with Crippen LogP contribution >= 0.6 is 0 Å². The van der Waals surface area contributed by atoms with Crippen LogP contribution in [0.1, 0.15) is 41.6 Å². The Labute approximate surface area is 245 Å². The standard InChI is InChI=1S/C32H37N7O3/c1-5-15-38-31(41)27-20-33-32(35-29(27)39(38)25-8-6-7-22(19-25)30(40)36(3)4)34-23-9-12-28(21(2)18-23)42-26-13-16-37(17-14-26)24-10-11-24/h5-9,12,18-20,24,26H,1,10-11,13-17H2,2-4H3,(H,33,34,35). The van der Waals surface area contributed by atoms with Crippen LogP contribution in [0.3, 0.4) is 0 Å². The number of hydrogen-bond donors (Lipinski definition) is 1. The van der Waals surface area contributed by atoms with Gasteiger partial charge < -0.3 is 19.9 Å². The molecule has 1 N–H and O–H groups in total. The number of aromatic nitrogens is 4. The van der Waals surface area contributed by atoms with Gasteiger partial charge in [0, 0.05) is 50.7 Å². The zero-order valence-electron chi connectivity index (χ0n) is 24.4. The highest BCUT2D eigenvalue weighted by molar-refractivity contribution is 5.94. The number of likely N-dealkylation sites (tertiary alicyclic amines) is 1. The van der Waals surface area contributed by atoms with E-state index in [-0.39, 0.29) is 24.1 Å². The molecular weight excluding hydrogens is 530 g/mol. The number of fused-ring (bicyclic) bond motifs is 1. The summed E-state index contributed by atoms with van der Waals surface area (Å²) in [4.78, 5) is 39.3. The number of piperidine rings is 1. The Hall–Kier alpha value is -4.44. The minimum Gasteiger partial charge on any atom is -0.490 e. The molecule has 1 saturated heterocycles. The van der Waals surface area contributed by atoms with E-state index in [9.17, 15) is 9.59 Å². The lowest BCUT2D eigenvalue weighted by atomic mass is 10.1. The van der Waals surface area contributed by atoms with Crippen molar-refractivity contribution in [2.45, 2.75) is 51.3 Å². The van der Waals surface area contributed by atoms with Gasteiger partial charge in [-0.2, -0.15) is 4.98 Å². The fourth-order valence-electron chi connectivity index (χ4n) is 5.63. The topological polar surface area (TPSA) is 97.5 Å². The average Bonchev–Trinajstić information content (AvgIpc) is 3.80. The molecule has 1 aliphatic carbocycles. The zero-order valence-corrected chi connectivity index (χ0v) is 24.4. The van der Waals surface area contributed by atoms with Gasteiger partial charge >= 0.3 is 0 Å². The summed E-state index contributed by atoms with van der Waals surface area (Å²) >= 11 is 0. The van der Waals surface area contributed by atoms with Crippen molar-refractivity contribution in [3.05, 3.63) is 82.8 Å². The second kappa shape index (κ2) is 11.4. The molecule has 2 aromatic heterocycles. The number of hydrogen-bond acceptors (Lipinski definition) is 7. The number of benzene rings is 2. The largest absolute Gasteiger partial charge is 0.490 e. The molecule has 10 nitrogen and oxygen atoms in total. The van der Waals surface area contributed by atoms with Gasteiger partial charge in [-0.15, -0.1) is 6.58 Å². The molecule has 218 valence electrons. The highest BCUT2D eigenvalue weighted by Crippen LogP contribution is 2.31. The van der Waals surface area contributed by atoms with Gasteiger partial charge in [0.25, 0.3) is 11.5 Å². The van der Waals surface area contributed by atoms with Crippen molar-refractivity contribution in [2.75, 3.05) is 32.5 Å². The Morgan fingerprint density at radius 3 is 2.62 bits per heavy atom. The average molecular weight is 568 g/mol. The van der Waals surface area contributed by atoms with Gasteiger partial charge in [0.2, 0.25) is 5.95 Å². The number of allylic oxidation sites excluding steroid dienone is 1. The summed E-state index contributed by atoms with van der Waals surface area (Å²) in [5.41, 5.74) is 3.20. The van der Waals surface area contributed by atoms with Gasteiger partial charge in [-0.1, -0.05) is 12.1 Å². The van der Waals surface area contributed by atoms with E-state index in [0.717, 1.165) is 49.0 Å². The van der Waals surface area contributed by atoms with Crippen molar-refractivity contribution in [2.24, 2.45) is 0 Å². The second-order valence-electron chi connectivity index (χ2n) is 11.4. The molecule has 2 fully saturated rings. The molecule has 10 heteroatoms. The van der Waals surface area contributed by atoms with Crippen LogP contribution < -0.4 is 15.6 Å². The lowest BCUT2D eigenvalue weighted by Crippen LogP contribution is -2.39. The van der Waals surface area contributed by atoms with Crippen LogP contribution in [-0.4, -0.2) is 74.4 Å². The Kier molecular flexibility index (Phi) is 7.55. The molecule has 4 aromatic rings. The summed E-state index contributed by atoms with van der Waals surface area (Å²) in [6.45, 7) is 8.35. The Morgan fingerprint density at radius 2 is 1.93 bits per heavy atom. The molecule has 2 aliphatic rings.